The maximum Gasteiger partial charge on any atom is 0.277 e. The number of fused-ring (bicyclic) bond motifs is 1. The van der Waals surface area contributed by atoms with E-state index in [1.165, 1.54) is 0 Å². The second-order valence-corrected chi connectivity index (χ2v) is 5.60. The molecule has 2 unspecified atom stereocenters. The summed E-state index contributed by atoms with van der Waals surface area (Å²) in [6, 6.07) is 0. The minimum Gasteiger partial charge on any atom is -0.348 e. The van der Waals surface area contributed by atoms with E-state index >= 15 is 0 Å². The molecule has 1 aliphatic heterocycles. The van der Waals surface area contributed by atoms with E-state index in [4.69, 9.17) is 5.73 Å². The van der Waals surface area contributed by atoms with Crippen molar-refractivity contribution in [2.24, 2.45) is 17.6 Å². The number of rotatable bonds is 5. The van der Waals surface area contributed by atoms with E-state index < -0.39 is 31.5 Å². The number of hydrogen-bond acceptors (Lipinski definition) is 4. The largest absolute Gasteiger partial charge is 0.348 e. The third kappa shape index (κ3) is 3.37. The average Bonchev–Trinajstić information content (AvgIpc) is 2.71. The summed E-state index contributed by atoms with van der Waals surface area (Å²) in [6.45, 7) is -2.27. The lowest BCUT2D eigenvalue weighted by Gasteiger charge is -2.19. The standard InChI is InChI=1S/C13H19F2N3O3/c14-13(15,6-16)7-17-10(19)5-18-11(20)8-3-1-2-4-9(8)12(18)21/h8-9H,1-7,16H2,(H,17,19). The molecule has 0 bridgehead atoms. The number of amides is 3. The summed E-state index contributed by atoms with van der Waals surface area (Å²) in [5.74, 6) is -5.36. The van der Waals surface area contributed by atoms with Crippen molar-refractivity contribution in [3.63, 3.8) is 0 Å². The lowest BCUT2D eigenvalue weighted by atomic mass is 9.81. The lowest BCUT2D eigenvalue weighted by Crippen LogP contribution is -2.46. The van der Waals surface area contributed by atoms with E-state index in [0.29, 0.717) is 12.8 Å². The molecule has 6 nitrogen and oxygen atoms in total. The molecule has 1 aliphatic carbocycles. The van der Waals surface area contributed by atoms with Gasteiger partial charge in [0.05, 0.1) is 24.9 Å². The van der Waals surface area contributed by atoms with Crippen molar-refractivity contribution in [2.45, 2.75) is 31.6 Å². The smallest absolute Gasteiger partial charge is 0.277 e. The van der Waals surface area contributed by atoms with Crippen LogP contribution in [0.15, 0.2) is 0 Å². The second kappa shape index (κ2) is 6.05. The molecule has 8 heteroatoms. The van der Waals surface area contributed by atoms with Crippen LogP contribution >= 0.6 is 0 Å². The topological polar surface area (TPSA) is 92.5 Å². The molecule has 1 saturated heterocycles. The fourth-order valence-corrected chi connectivity index (χ4v) is 2.89. The molecule has 2 fully saturated rings. The molecule has 1 saturated carbocycles. The van der Waals surface area contributed by atoms with Crippen molar-refractivity contribution in [2.75, 3.05) is 19.6 Å². The molecule has 0 aromatic rings. The first-order valence-electron chi connectivity index (χ1n) is 7.05. The summed E-state index contributed by atoms with van der Waals surface area (Å²) in [7, 11) is 0. The molecular weight excluding hydrogens is 284 g/mol. The Kier molecular flexibility index (Phi) is 4.55. The number of nitrogens with zero attached hydrogens (tertiary/aromatic N) is 1. The highest BCUT2D eigenvalue weighted by molar-refractivity contribution is 6.07. The van der Waals surface area contributed by atoms with Crippen LogP contribution in [0.4, 0.5) is 8.78 Å². The first-order valence-corrected chi connectivity index (χ1v) is 7.05. The zero-order valence-corrected chi connectivity index (χ0v) is 11.6. The van der Waals surface area contributed by atoms with Gasteiger partial charge in [0.1, 0.15) is 6.54 Å². The van der Waals surface area contributed by atoms with Gasteiger partial charge in [0.2, 0.25) is 17.7 Å². The van der Waals surface area contributed by atoms with Crippen LogP contribution in [-0.2, 0) is 14.4 Å². The third-order valence-electron chi connectivity index (χ3n) is 4.08. The van der Waals surface area contributed by atoms with E-state index in [2.05, 4.69) is 0 Å². The van der Waals surface area contributed by atoms with Crippen LogP contribution in [0.2, 0.25) is 0 Å². The van der Waals surface area contributed by atoms with Gasteiger partial charge in [0.15, 0.2) is 0 Å². The van der Waals surface area contributed by atoms with Crippen LogP contribution in [0.25, 0.3) is 0 Å². The minimum absolute atomic E-state index is 0.343. The molecule has 0 spiro atoms. The zero-order valence-electron chi connectivity index (χ0n) is 11.6. The summed E-state index contributed by atoms with van der Waals surface area (Å²) < 4.78 is 25.9. The van der Waals surface area contributed by atoms with Gasteiger partial charge in [-0.05, 0) is 12.8 Å². The predicted octanol–water partition coefficient (Wildman–Crippen LogP) is -0.128. The zero-order chi connectivity index (χ0) is 15.6. The quantitative estimate of drug-likeness (QED) is 0.692. The van der Waals surface area contributed by atoms with Crippen molar-refractivity contribution >= 4 is 17.7 Å². The first-order chi connectivity index (χ1) is 9.85. The first kappa shape index (κ1) is 15.8. The normalized spacial score (nSPS) is 26.0. The van der Waals surface area contributed by atoms with Gasteiger partial charge in [0.25, 0.3) is 5.92 Å². The van der Waals surface area contributed by atoms with Gasteiger partial charge in [-0.2, -0.15) is 0 Å². The molecule has 2 aliphatic rings. The highest BCUT2D eigenvalue weighted by atomic mass is 19.3. The maximum absolute atomic E-state index is 12.9. The van der Waals surface area contributed by atoms with Crippen LogP contribution in [0.5, 0.6) is 0 Å². The lowest BCUT2D eigenvalue weighted by molar-refractivity contribution is -0.143. The Balaban J connectivity index is 1.92. The summed E-state index contributed by atoms with van der Waals surface area (Å²) >= 11 is 0. The Bertz CT molecular complexity index is 432. The van der Waals surface area contributed by atoms with Gasteiger partial charge in [-0.25, -0.2) is 8.78 Å². The number of imide groups is 1. The summed E-state index contributed by atoms with van der Waals surface area (Å²) in [4.78, 5) is 36.7. The number of likely N-dealkylation sites (tertiary alicyclic amines) is 1. The van der Waals surface area contributed by atoms with Crippen molar-refractivity contribution in [3.8, 4) is 0 Å². The fourth-order valence-electron chi connectivity index (χ4n) is 2.89. The Morgan fingerprint density at radius 1 is 1.24 bits per heavy atom. The number of halogens is 2. The molecular formula is C13H19F2N3O3. The van der Waals surface area contributed by atoms with E-state index in [1.807, 2.05) is 5.32 Å². The van der Waals surface area contributed by atoms with Crippen LogP contribution in [0.3, 0.4) is 0 Å². The molecule has 1 heterocycles. The molecule has 0 aromatic carbocycles. The Labute approximate surface area is 121 Å². The predicted molar refractivity (Wildman–Crippen MR) is 69.2 cm³/mol. The van der Waals surface area contributed by atoms with Crippen LogP contribution < -0.4 is 11.1 Å². The molecule has 0 radical (unpaired) electrons. The summed E-state index contributed by atoms with van der Waals surface area (Å²) in [5, 5.41) is 2.01. The Hall–Kier alpha value is -1.57. The average molecular weight is 303 g/mol. The number of nitrogens with two attached hydrogens (primary N) is 1. The van der Waals surface area contributed by atoms with Crippen LogP contribution in [0.1, 0.15) is 25.7 Å². The molecule has 3 amide bonds. The van der Waals surface area contributed by atoms with Gasteiger partial charge >= 0.3 is 0 Å². The van der Waals surface area contributed by atoms with Crippen LogP contribution in [0, 0.1) is 11.8 Å². The van der Waals surface area contributed by atoms with Crippen molar-refractivity contribution in [1.82, 2.24) is 10.2 Å². The number of hydrogen-bond donors (Lipinski definition) is 2. The van der Waals surface area contributed by atoms with Gasteiger partial charge in [0, 0.05) is 0 Å². The fraction of sp³-hybridized carbons (Fsp3) is 0.769. The monoisotopic (exact) mass is 303 g/mol. The Morgan fingerprint density at radius 3 is 2.24 bits per heavy atom. The summed E-state index contributed by atoms with van der Waals surface area (Å²) in [5.41, 5.74) is 4.86. The van der Waals surface area contributed by atoms with Crippen molar-refractivity contribution in [1.29, 1.82) is 0 Å². The SMILES string of the molecule is NCC(F)(F)CNC(=O)CN1C(=O)C2CCCCC2C1=O. The van der Waals surface area contributed by atoms with E-state index in [1.54, 1.807) is 0 Å². The van der Waals surface area contributed by atoms with Gasteiger partial charge in [-0.1, -0.05) is 12.8 Å². The van der Waals surface area contributed by atoms with Gasteiger partial charge in [-0.15, -0.1) is 0 Å². The van der Waals surface area contributed by atoms with Crippen LogP contribution in [-0.4, -0.2) is 48.2 Å². The van der Waals surface area contributed by atoms with E-state index in [-0.39, 0.29) is 23.7 Å². The highest BCUT2D eigenvalue weighted by Crippen LogP contribution is 2.37. The molecule has 21 heavy (non-hydrogen) atoms. The van der Waals surface area contributed by atoms with Gasteiger partial charge < -0.3 is 11.1 Å². The Morgan fingerprint density at radius 2 is 1.76 bits per heavy atom. The molecule has 2 atom stereocenters. The number of carbonyl (C=O) groups excluding carboxylic acids is 3. The minimum atomic E-state index is -3.19. The van der Waals surface area contributed by atoms with E-state index in [0.717, 1.165) is 17.7 Å². The number of alkyl halides is 2. The number of nitrogens with one attached hydrogen (secondary N) is 1. The van der Waals surface area contributed by atoms with E-state index in [9.17, 15) is 23.2 Å². The molecule has 0 aromatic heterocycles. The highest BCUT2D eigenvalue weighted by Gasteiger charge is 2.48. The number of carbonyl (C=O) groups is 3. The third-order valence-corrected chi connectivity index (χ3v) is 4.08. The van der Waals surface area contributed by atoms with Crippen molar-refractivity contribution < 1.29 is 23.2 Å². The molecule has 2 rings (SSSR count). The summed E-state index contributed by atoms with van der Waals surface area (Å²) in [6.07, 6.45) is 3.09. The van der Waals surface area contributed by atoms with Gasteiger partial charge in [-0.3, -0.25) is 19.3 Å². The molecule has 118 valence electrons. The van der Waals surface area contributed by atoms with Crippen molar-refractivity contribution in [3.05, 3.63) is 0 Å². The molecule has 3 N–H and O–H groups in total. The second-order valence-electron chi connectivity index (χ2n) is 5.60. The maximum atomic E-state index is 12.9.